The van der Waals surface area contributed by atoms with Crippen molar-refractivity contribution in [3.8, 4) is 17.1 Å². The maximum absolute atomic E-state index is 13.0. The van der Waals surface area contributed by atoms with E-state index in [1.807, 2.05) is 0 Å². The third-order valence-corrected chi connectivity index (χ3v) is 5.79. The van der Waals surface area contributed by atoms with Gasteiger partial charge in [-0.3, -0.25) is 9.59 Å². The predicted octanol–water partition coefficient (Wildman–Crippen LogP) is 4.53. The quantitative estimate of drug-likeness (QED) is 0.342. The van der Waals surface area contributed by atoms with Crippen molar-refractivity contribution in [1.29, 1.82) is 0 Å². The number of benzene rings is 3. The number of hydrogen-bond donors (Lipinski definition) is 0. The van der Waals surface area contributed by atoms with Gasteiger partial charge in [0, 0.05) is 22.3 Å². The third kappa shape index (κ3) is 3.64. The summed E-state index contributed by atoms with van der Waals surface area (Å²) in [5.74, 6) is -0.463. The normalized spacial score (nSPS) is 12.2. The summed E-state index contributed by atoms with van der Waals surface area (Å²) in [5, 5.41) is 3.74. The molecule has 0 saturated carbocycles. The van der Waals surface area contributed by atoms with Gasteiger partial charge in [-0.1, -0.05) is 41.0 Å². The van der Waals surface area contributed by atoms with Crippen molar-refractivity contribution in [2.45, 2.75) is 6.61 Å². The predicted molar refractivity (Wildman–Crippen MR) is 120 cm³/mol. The lowest BCUT2D eigenvalue weighted by molar-refractivity contribution is 0.0430. The first-order chi connectivity index (χ1) is 16.5. The zero-order chi connectivity index (χ0) is 23.8. The highest BCUT2D eigenvalue weighted by molar-refractivity contribution is 6.41. The fourth-order valence-electron chi connectivity index (χ4n) is 3.68. The molecule has 0 fully saturated rings. The van der Waals surface area contributed by atoms with Gasteiger partial charge in [0.15, 0.2) is 18.2 Å². The highest BCUT2D eigenvalue weighted by atomic mass is 35.5. The summed E-state index contributed by atoms with van der Waals surface area (Å²) < 4.78 is 15.5. The second-order valence-electron chi connectivity index (χ2n) is 7.37. The Labute approximate surface area is 198 Å². The van der Waals surface area contributed by atoms with Crippen LogP contribution in [0.1, 0.15) is 48.1 Å². The van der Waals surface area contributed by atoms with E-state index in [2.05, 4.69) is 10.1 Å². The Morgan fingerprint density at radius 1 is 0.941 bits per heavy atom. The number of carbonyl (C=O) groups excluding carboxylic acids is 3. The van der Waals surface area contributed by atoms with Crippen LogP contribution in [0.5, 0.6) is 5.75 Å². The molecule has 34 heavy (non-hydrogen) atoms. The molecule has 0 aliphatic heterocycles. The van der Waals surface area contributed by atoms with Crippen LogP contribution in [-0.2, 0) is 11.3 Å². The van der Waals surface area contributed by atoms with E-state index < -0.39 is 11.8 Å². The standard InChI is InChI=1S/C25H15ClN2O6/c1-32-14-8-6-13(7-9-14)24-27-19(34-28-24)12-33-25(31)18-11-10-17-20(21(18)26)23(30)16-5-3-2-4-15(16)22(17)29/h2-11H,12H2,1H3. The average molecular weight is 475 g/mol. The number of fused-ring (bicyclic) bond motifs is 2. The van der Waals surface area contributed by atoms with Gasteiger partial charge in [0.25, 0.3) is 5.89 Å². The second kappa shape index (κ2) is 8.57. The Bertz CT molecular complexity index is 1460. The number of methoxy groups -OCH3 is 1. The molecule has 0 saturated heterocycles. The van der Waals surface area contributed by atoms with E-state index in [0.29, 0.717) is 22.7 Å². The van der Waals surface area contributed by atoms with Gasteiger partial charge in [-0.25, -0.2) is 4.79 Å². The third-order valence-electron chi connectivity index (χ3n) is 5.39. The highest BCUT2D eigenvalue weighted by Gasteiger charge is 2.33. The van der Waals surface area contributed by atoms with Crippen molar-refractivity contribution < 1.29 is 28.4 Å². The van der Waals surface area contributed by atoms with Crippen LogP contribution in [0.2, 0.25) is 5.02 Å². The smallest absolute Gasteiger partial charge is 0.340 e. The first-order valence-electron chi connectivity index (χ1n) is 10.1. The maximum Gasteiger partial charge on any atom is 0.340 e. The molecule has 9 heteroatoms. The number of rotatable bonds is 5. The zero-order valence-electron chi connectivity index (χ0n) is 17.7. The Morgan fingerprint density at radius 3 is 2.35 bits per heavy atom. The van der Waals surface area contributed by atoms with Crippen molar-refractivity contribution in [2.24, 2.45) is 0 Å². The molecule has 0 amide bonds. The van der Waals surface area contributed by atoms with Crippen LogP contribution >= 0.6 is 11.6 Å². The number of ether oxygens (including phenoxy) is 2. The fourth-order valence-corrected chi connectivity index (χ4v) is 4.01. The minimum absolute atomic E-state index is 0.0144. The molecule has 3 aromatic carbocycles. The molecule has 0 N–H and O–H groups in total. The van der Waals surface area contributed by atoms with E-state index in [0.717, 1.165) is 0 Å². The first kappa shape index (κ1) is 21.5. The Morgan fingerprint density at radius 2 is 1.65 bits per heavy atom. The first-order valence-corrected chi connectivity index (χ1v) is 10.5. The van der Waals surface area contributed by atoms with Gasteiger partial charge in [0.1, 0.15) is 5.75 Å². The monoisotopic (exact) mass is 474 g/mol. The summed E-state index contributed by atoms with van der Waals surface area (Å²) in [5.41, 5.74) is 1.32. The van der Waals surface area contributed by atoms with Gasteiger partial charge in [0.2, 0.25) is 5.82 Å². The van der Waals surface area contributed by atoms with Crippen LogP contribution in [0.25, 0.3) is 11.4 Å². The highest BCUT2D eigenvalue weighted by Crippen LogP contribution is 2.34. The van der Waals surface area contributed by atoms with E-state index in [9.17, 15) is 14.4 Å². The number of esters is 1. The number of ketones is 2. The molecular formula is C25H15ClN2O6. The van der Waals surface area contributed by atoms with Crippen molar-refractivity contribution in [2.75, 3.05) is 7.11 Å². The molecule has 1 aliphatic carbocycles. The van der Waals surface area contributed by atoms with E-state index in [-0.39, 0.29) is 45.6 Å². The largest absolute Gasteiger partial charge is 0.497 e. The lowest BCUT2D eigenvalue weighted by Gasteiger charge is -2.19. The molecule has 0 bridgehead atoms. The van der Waals surface area contributed by atoms with Gasteiger partial charge < -0.3 is 14.0 Å². The van der Waals surface area contributed by atoms with Crippen LogP contribution in [0.3, 0.4) is 0 Å². The number of carbonyl (C=O) groups is 3. The zero-order valence-corrected chi connectivity index (χ0v) is 18.5. The summed E-state index contributed by atoms with van der Waals surface area (Å²) in [6, 6.07) is 16.3. The lowest BCUT2D eigenvalue weighted by Crippen LogP contribution is -2.22. The van der Waals surface area contributed by atoms with Gasteiger partial charge in [0.05, 0.1) is 23.3 Å². The van der Waals surface area contributed by atoms with Gasteiger partial charge >= 0.3 is 5.97 Å². The minimum atomic E-state index is -0.795. The minimum Gasteiger partial charge on any atom is -0.497 e. The van der Waals surface area contributed by atoms with Gasteiger partial charge in [-0.15, -0.1) is 0 Å². The van der Waals surface area contributed by atoms with Crippen LogP contribution in [-0.4, -0.2) is 34.8 Å². The summed E-state index contributed by atoms with van der Waals surface area (Å²) >= 11 is 6.40. The molecular weight excluding hydrogens is 460 g/mol. The van der Waals surface area contributed by atoms with Crippen LogP contribution < -0.4 is 4.74 Å². The Hall–Kier alpha value is -4.30. The van der Waals surface area contributed by atoms with Gasteiger partial charge in [-0.05, 0) is 36.4 Å². The number of hydrogen-bond acceptors (Lipinski definition) is 8. The molecule has 168 valence electrons. The maximum atomic E-state index is 13.0. The van der Waals surface area contributed by atoms with Crippen molar-refractivity contribution in [1.82, 2.24) is 10.1 Å². The molecule has 0 unspecified atom stereocenters. The van der Waals surface area contributed by atoms with Crippen LogP contribution in [0.4, 0.5) is 0 Å². The molecule has 4 aromatic rings. The number of nitrogens with zero attached hydrogens (tertiary/aromatic N) is 2. The molecule has 5 rings (SSSR count). The molecule has 0 atom stereocenters. The molecule has 8 nitrogen and oxygen atoms in total. The summed E-state index contributed by atoms with van der Waals surface area (Å²) in [4.78, 5) is 42.7. The second-order valence-corrected chi connectivity index (χ2v) is 7.75. The van der Waals surface area contributed by atoms with E-state index >= 15 is 0 Å². The summed E-state index contributed by atoms with van der Waals surface area (Å²) in [7, 11) is 1.57. The van der Waals surface area contributed by atoms with Crippen molar-refractivity contribution in [3.63, 3.8) is 0 Å². The molecule has 0 radical (unpaired) electrons. The molecule has 1 aliphatic rings. The Balaban J connectivity index is 1.35. The molecule has 0 spiro atoms. The molecule has 1 aromatic heterocycles. The van der Waals surface area contributed by atoms with Crippen LogP contribution in [0.15, 0.2) is 65.2 Å². The van der Waals surface area contributed by atoms with Crippen molar-refractivity contribution >= 4 is 29.1 Å². The summed E-state index contributed by atoms with van der Waals surface area (Å²) in [6.45, 7) is -0.300. The number of halogens is 1. The Kier molecular flexibility index (Phi) is 5.43. The summed E-state index contributed by atoms with van der Waals surface area (Å²) in [6.07, 6.45) is 0. The van der Waals surface area contributed by atoms with Crippen LogP contribution in [0, 0.1) is 0 Å². The number of aromatic nitrogens is 2. The van der Waals surface area contributed by atoms with Gasteiger partial charge in [-0.2, -0.15) is 4.98 Å². The SMILES string of the molecule is COc1ccc(-c2noc(COC(=O)c3ccc4c(c3Cl)C(=O)c3ccccc3C4=O)n2)cc1. The van der Waals surface area contributed by atoms with E-state index in [1.165, 1.54) is 12.1 Å². The van der Waals surface area contributed by atoms with E-state index in [1.54, 1.807) is 55.6 Å². The van der Waals surface area contributed by atoms with Crippen molar-refractivity contribution in [3.05, 3.63) is 99.4 Å². The topological polar surface area (TPSA) is 109 Å². The average Bonchev–Trinajstić information content (AvgIpc) is 3.35. The molecule has 1 heterocycles. The van der Waals surface area contributed by atoms with E-state index in [4.69, 9.17) is 25.6 Å². The fraction of sp³-hybridized carbons (Fsp3) is 0.0800. The lowest BCUT2D eigenvalue weighted by atomic mass is 9.83.